The highest BCUT2D eigenvalue weighted by atomic mass is 19.1. The number of ether oxygens (including phenoxy) is 2. The van der Waals surface area contributed by atoms with Crippen molar-refractivity contribution in [3.63, 3.8) is 0 Å². The fourth-order valence-corrected chi connectivity index (χ4v) is 3.91. The highest BCUT2D eigenvalue weighted by Gasteiger charge is 2.33. The average molecular weight is 426 g/mol. The van der Waals surface area contributed by atoms with Crippen LogP contribution in [0.5, 0.6) is 0 Å². The fourth-order valence-electron chi connectivity index (χ4n) is 3.91. The quantitative estimate of drug-likeness (QED) is 0.589. The van der Waals surface area contributed by atoms with E-state index in [-0.39, 0.29) is 5.91 Å². The first-order chi connectivity index (χ1) is 14.9. The summed E-state index contributed by atoms with van der Waals surface area (Å²) in [5.74, 6) is -1.25. The van der Waals surface area contributed by atoms with Gasteiger partial charge in [0.15, 0.2) is 0 Å². The number of benzene rings is 2. The van der Waals surface area contributed by atoms with Crippen LogP contribution in [0.1, 0.15) is 29.2 Å². The van der Waals surface area contributed by atoms with Crippen LogP contribution in [0.15, 0.2) is 36.4 Å². The number of carbonyl (C=O) groups excluding carboxylic acids is 1. The molecule has 2 aliphatic rings. The van der Waals surface area contributed by atoms with Gasteiger partial charge in [-0.2, -0.15) is 0 Å². The molecule has 3 N–H and O–H groups in total. The summed E-state index contributed by atoms with van der Waals surface area (Å²) >= 11 is 0. The van der Waals surface area contributed by atoms with Crippen LogP contribution in [-0.4, -0.2) is 42.8 Å². The van der Waals surface area contributed by atoms with Gasteiger partial charge in [0.1, 0.15) is 24.2 Å². The predicted octanol–water partition coefficient (Wildman–Crippen LogP) is 2.80. The van der Waals surface area contributed by atoms with Crippen molar-refractivity contribution in [1.29, 1.82) is 0 Å². The van der Waals surface area contributed by atoms with Gasteiger partial charge in [-0.1, -0.05) is 18.2 Å². The largest absolute Gasteiger partial charge is 0.487 e. The average Bonchev–Trinajstić information content (AvgIpc) is 3.29. The van der Waals surface area contributed by atoms with Crippen molar-refractivity contribution in [2.24, 2.45) is 0 Å². The summed E-state index contributed by atoms with van der Waals surface area (Å²) in [7, 11) is 1.48. The maximum atomic E-state index is 13.7. The van der Waals surface area contributed by atoms with Gasteiger partial charge >= 0.3 is 5.97 Å². The van der Waals surface area contributed by atoms with Gasteiger partial charge in [0.25, 0.3) is 5.91 Å². The van der Waals surface area contributed by atoms with Gasteiger partial charge in [-0.3, -0.25) is 9.59 Å². The van der Waals surface area contributed by atoms with Crippen molar-refractivity contribution in [2.45, 2.75) is 32.1 Å². The van der Waals surface area contributed by atoms with Gasteiger partial charge in [0.2, 0.25) is 0 Å². The van der Waals surface area contributed by atoms with E-state index in [1.54, 1.807) is 6.92 Å². The summed E-state index contributed by atoms with van der Waals surface area (Å²) < 4.78 is 24.7. The molecule has 2 aliphatic heterocycles. The molecule has 2 atom stereocenters. The lowest BCUT2D eigenvalue weighted by molar-refractivity contribution is -0.142. The molecule has 1 amide bonds. The summed E-state index contributed by atoms with van der Waals surface area (Å²) in [6.07, 6.45) is 0.166. The number of halogens is 1. The van der Waals surface area contributed by atoms with Crippen LogP contribution in [0.2, 0.25) is 0 Å². The van der Waals surface area contributed by atoms with E-state index < -0.39 is 23.9 Å². The molecule has 0 unspecified atom stereocenters. The highest BCUT2D eigenvalue weighted by Crippen LogP contribution is 2.41. The number of aliphatic carboxylic acids is 1. The summed E-state index contributed by atoms with van der Waals surface area (Å²) in [5, 5.41) is 15.1. The number of fused-ring (bicyclic) bond motifs is 2. The maximum Gasteiger partial charge on any atom is 0.323 e. The van der Waals surface area contributed by atoms with Crippen LogP contribution in [0, 0.1) is 5.82 Å². The maximum absolute atomic E-state index is 13.7. The molecule has 0 fully saturated rings. The molecule has 8 heteroatoms. The number of methoxy groups -OCH3 is 1. The molecule has 162 valence electrons. The van der Waals surface area contributed by atoms with Gasteiger partial charge in [-0.15, -0.1) is 0 Å². The second-order valence-corrected chi connectivity index (χ2v) is 7.59. The van der Waals surface area contributed by atoms with E-state index >= 15 is 0 Å². The van der Waals surface area contributed by atoms with E-state index in [1.807, 2.05) is 18.2 Å². The Labute approximate surface area is 178 Å². The number of anilines is 1. The number of carboxylic acids is 1. The number of carboxylic acid groups (broad SMARTS) is 1. The Kier molecular flexibility index (Phi) is 5.75. The second-order valence-electron chi connectivity index (χ2n) is 7.59. The van der Waals surface area contributed by atoms with Crippen molar-refractivity contribution in [2.75, 3.05) is 19.0 Å². The lowest BCUT2D eigenvalue weighted by Crippen LogP contribution is -2.46. The molecule has 0 aromatic heterocycles. The molecule has 0 saturated heterocycles. The molecule has 4 rings (SSSR count). The zero-order valence-electron chi connectivity index (χ0n) is 17.2. The summed E-state index contributed by atoms with van der Waals surface area (Å²) in [4.78, 5) is 23.9. The number of amides is 1. The van der Waals surface area contributed by atoms with Gasteiger partial charge in [-0.05, 0) is 37.1 Å². The van der Waals surface area contributed by atoms with E-state index in [0.717, 1.165) is 16.7 Å². The monoisotopic (exact) mass is 426 g/mol. The molecule has 2 aromatic carbocycles. The van der Waals surface area contributed by atoms with Crippen LogP contribution in [0.4, 0.5) is 10.1 Å². The molecule has 31 heavy (non-hydrogen) atoms. The first-order valence-electron chi connectivity index (χ1n) is 9.98. The molecule has 0 bridgehead atoms. The third-order valence-electron chi connectivity index (χ3n) is 5.62. The molecule has 2 heterocycles. The Bertz CT molecular complexity index is 1080. The Morgan fingerprint density at radius 3 is 2.84 bits per heavy atom. The molecule has 0 saturated carbocycles. The summed E-state index contributed by atoms with van der Waals surface area (Å²) in [6.45, 7) is 2.48. The van der Waals surface area contributed by atoms with Gasteiger partial charge in [0, 0.05) is 36.0 Å². The highest BCUT2D eigenvalue weighted by molar-refractivity contribution is 6.36. The minimum atomic E-state index is -0.959. The minimum absolute atomic E-state index is 0.311. The summed E-state index contributed by atoms with van der Waals surface area (Å²) in [5.41, 5.74) is 4.13. The number of hydrogen-bond acceptors (Lipinski definition) is 5. The molecular formula is C23H23FN2O5. The first kappa shape index (κ1) is 21.0. The zero-order chi connectivity index (χ0) is 22.1. The van der Waals surface area contributed by atoms with Gasteiger partial charge in [0.05, 0.1) is 11.7 Å². The topological polar surface area (TPSA) is 96.9 Å². The van der Waals surface area contributed by atoms with Crippen LogP contribution in [0.25, 0.3) is 11.3 Å². The normalized spacial score (nSPS) is 18.7. The SMILES string of the molecule is CO[C@H](C)[C@H](NCCc1ccc2c(c1)COC2=C1C(=O)Nc2ccc(F)cc21)C(=O)O. The minimum Gasteiger partial charge on any atom is -0.487 e. The van der Waals surface area contributed by atoms with Crippen LogP contribution < -0.4 is 10.6 Å². The number of nitrogens with one attached hydrogen (secondary N) is 2. The Hall–Kier alpha value is -3.23. The van der Waals surface area contributed by atoms with Crippen molar-refractivity contribution >= 4 is 28.9 Å². The fraction of sp³-hybridized carbons (Fsp3) is 0.304. The smallest absolute Gasteiger partial charge is 0.323 e. The van der Waals surface area contributed by atoms with E-state index in [1.165, 1.54) is 25.3 Å². The Morgan fingerprint density at radius 1 is 1.29 bits per heavy atom. The van der Waals surface area contributed by atoms with Crippen LogP contribution >= 0.6 is 0 Å². The van der Waals surface area contributed by atoms with Crippen molar-refractivity contribution < 1.29 is 28.6 Å². The summed E-state index contributed by atoms with van der Waals surface area (Å²) in [6, 6.07) is 9.17. The van der Waals surface area contributed by atoms with E-state index in [0.29, 0.717) is 42.2 Å². The van der Waals surface area contributed by atoms with Crippen molar-refractivity contribution in [1.82, 2.24) is 5.32 Å². The third kappa shape index (κ3) is 4.04. The van der Waals surface area contributed by atoms with E-state index in [9.17, 15) is 19.1 Å². The lowest BCUT2D eigenvalue weighted by Gasteiger charge is -2.20. The molecule has 0 aliphatic carbocycles. The van der Waals surface area contributed by atoms with Crippen LogP contribution in [-0.2, 0) is 32.1 Å². The predicted molar refractivity (Wildman–Crippen MR) is 113 cm³/mol. The van der Waals surface area contributed by atoms with Gasteiger partial charge in [-0.25, -0.2) is 4.39 Å². The molecule has 0 spiro atoms. The first-order valence-corrected chi connectivity index (χ1v) is 9.98. The Balaban J connectivity index is 1.53. The standard InChI is InChI=1S/C23H23FN2O5/c1-12(30-2)20(23(28)29)25-8-7-13-3-5-16-14(9-13)11-31-21(16)19-17-10-15(24)4-6-18(17)26-22(19)27/h3-6,9-10,12,20,25H,7-8,11H2,1-2H3,(H,26,27)(H,28,29)/t12-,20+/m1/s1. The lowest BCUT2D eigenvalue weighted by atomic mass is 9.98. The van der Waals surface area contributed by atoms with Gasteiger partial charge < -0.3 is 25.2 Å². The zero-order valence-corrected chi connectivity index (χ0v) is 17.2. The molecule has 0 radical (unpaired) electrons. The number of carbonyl (C=O) groups is 2. The van der Waals surface area contributed by atoms with Crippen molar-refractivity contribution in [3.8, 4) is 0 Å². The second kappa shape index (κ2) is 8.49. The van der Waals surface area contributed by atoms with E-state index in [2.05, 4.69) is 10.6 Å². The molecule has 7 nitrogen and oxygen atoms in total. The molecule has 2 aromatic rings. The number of rotatable bonds is 7. The van der Waals surface area contributed by atoms with E-state index in [4.69, 9.17) is 9.47 Å². The Morgan fingerprint density at radius 2 is 2.10 bits per heavy atom. The molecular weight excluding hydrogens is 403 g/mol. The van der Waals surface area contributed by atoms with Crippen molar-refractivity contribution in [3.05, 3.63) is 64.5 Å². The number of hydrogen-bond donors (Lipinski definition) is 3. The van der Waals surface area contributed by atoms with Crippen LogP contribution in [0.3, 0.4) is 0 Å². The third-order valence-corrected chi connectivity index (χ3v) is 5.62.